The number of rotatable bonds is 2. The largest absolute Gasteiger partial charge is 0.292 e. The summed E-state index contributed by atoms with van der Waals surface area (Å²) in [5, 5.41) is 7.14. The molecule has 0 amide bonds. The molecule has 1 aliphatic carbocycles. The Morgan fingerprint density at radius 1 is 0.351 bits per heavy atom. The van der Waals surface area contributed by atoms with Gasteiger partial charge in [0.25, 0.3) is 0 Å². The number of para-hydroxylation sites is 6. The maximum absolute atomic E-state index is 5.32. The van der Waals surface area contributed by atoms with Crippen molar-refractivity contribution in [3.63, 3.8) is 0 Å². The molecule has 8 aromatic carbocycles. The van der Waals surface area contributed by atoms with E-state index in [1.807, 2.05) is 0 Å². The molecule has 1 aliphatic rings. The van der Waals surface area contributed by atoms with Gasteiger partial charge < -0.3 is 0 Å². The summed E-state index contributed by atoms with van der Waals surface area (Å²) in [6.45, 7) is 4.76. The van der Waals surface area contributed by atoms with Gasteiger partial charge >= 0.3 is 0 Å². The predicted molar refractivity (Wildman–Crippen MR) is 237 cm³/mol. The van der Waals surface area contributed by atoms with Gasteiger partial charge in [-0.15, -0.1) is 0 Å². The van der Waals surface area contributed by atoms with Gasteiger partial charge in [0, 0.05) is 37.7 Å². The molecule has 0 aliphatic heterocycles. The highest BCUT2D eigenvalue weighted by Crippen LogP contribution is 2.56. The Bertz CT molecular complexity index is 3730. The van der Waals surface area contributed by atoms with Crippen LogP contribution in [0.1, 0.15) is 25.0 Å². The van der Waals surface area contributed by atoms with Crippen LogP contribution in [0.5, 0.6) is 0 Å². The SMILES string of the molecule is CC1(C)c2ccccc2-c2c1ccc(-c1cccc3c1c1ccccc1n1c4ccccc4nc31)c2-c1cccc2c1c1ccccc1n1c3ccccc3nc21. The topological polar surface area (TPSA) is 34.6 Å². The third kappa shape index (κ3) is 3.92. The van der Waals surface area contributed by atoms with Crippen LogP contribution in [0.2, 0.25) is 0 Å². The average molecular weight is 727 g/mol. The van der Waals surface area contributed by atoms with Crippen LogP contribution >= 0.6 is 0 Å². The van der Waals surface area contributed by atoms with Gasteiger partial charge in [0.05, 0.1) is 33.1 Å². The zero-order valence-electron chi connectivity index (χ0n) is 31.5. The molecule has 0 radical (unpaired) electrons. The second kappa shape index (κ2) is 10.9. The van der Waals surface area contributed by atoms with Crippen molar-refractivity contribution in [3.8, 4) is 33.4 Å². The van der Waals surface area contributed by atoms with Gasteiger partial charge in [-0.2, -0.15) is 0 Å². The van der Waals surface area contributed by atoms with E-state index in [9.17, 15) is 0 Å². The Kier molecular flexibility index (Phi) is 5.94. The first-order valence-electron chi connectivity index (χ1n) is 19.8. The van der Waals surface area contributed by atoms with Crippen molar-refractivity contribution in [3.05, 3.63) is 181 Å². The molecular weight excluding hydrogens is 693 g/mol. The van der Waals surface area contributed by atoms with Crippen LogP contribution in [0.15, 0.2) is 170 Å². The summed E-state index contributed by atoms with van der Waals surface area (Å²) in [5.74, 6) is 0. The summed E-state index contributed by atoms with van der Waals surface area (Å²) in [6, 6.07) is 62.2. The molecule has 12 aromatic rings. The Balaban J connectivity index is 1.25. The summed E-state index contributed by atoms with van der Waals surface area (Å²) < 4.78 is 4.69. The Morgan fingerprint density at radius 3 is 1.46 bits per heavy atom. The molecule has 0 atom stereocenters. The molecule has 4 heterocycles. The molecule has 0 unspecified atom stereocenters. The highest BCUT2D eigenvalue weighted by molar-refractivity contribution is 6.24. The number of benzene rings is 8. The molecule has 13 rings (SSSR count). The molecule has 0 saturated carbocycles. The monoisotopic (exact) mass is 726 g/mol. The maximum atomic E-state index is 5.32. The van der Waals surface area contributed by atoms with E-state index in [1.54, 1.807) is 0 Å². The third-order valence-electron chi connectivity index (χ3n) is 12.9. The highest BCUT2D eigenvalue weighted by Gasteiger charge is 2.38. The van der Waals surface area contributed by atoms with Crippen LogP contribution in [0.3, 0.4) is 0 Å². The molecule has 0 bridgehead atoms. The normalized spacial score (nSPS) is 13.6. The van der Waals surface area contributed by atoms with Gasteiger partial charge in [-0.05, 0) is 80.9 Å². The lowest BCUT2D eigenvalue weighted by atomic mass is 9.79. The van der Waals surface area contributed by atoms with E-state index in [0.717, 1.165) is 55.2 Å². The molecule has 0 N–H and O–H groups in total. The smallest absolute Gasteiger partial charge is 0.146 e. The van der Waals surface area contributed by atoms with Crippen LogP contribution in [0.25, 0.3) is 110 Å². The average Bonchev–Trinajstić information content (AvgIpc) is 3.92. The van der Waals surface area contributed by atoms with Gasteiger partial charge in [-0.1, -0.05) is 147 Å². The summed E-state index contributed by atoms with van der Waals surface area (Å²) in [5.41, 5.74) is 18.5. The summed E-state index contributed by atoms with van der Waals surface area (Å²) in [7, 11) is 0. The molecule has 4 heteroatoms. The summed E-state index contributed by atoms with van der Waals surface area (Å²) in [6.07, 6.45) is 0. The predicted octanol–water partition coefficient (Wildman–Crippen LogP) is 13.5. The Hall–Kier alpha value is -7.30. The fraction of sp³-hybridized carbons (Fsp3) is 0.0566. The van der Waals surface area contributed by atoms with Gasteiger partial charge in [0.1, 0.15) is 11.3 Å². The van der Waals surface area contributed by atoms with E-state index in [4.69, 9.17) is 9.97 Å². The fourth-order valence-electron chi connectivity index (χ4n) is 10.5. The van der Waals surface area contributed by atoms with Crippen LogP contribution < -0.4 is 0 Å². The molecule has 266 valence electrons. The number of nitrogens with zero attached hydrogens (tertiary/aromatic N) is 4. The van der Waals surface area contributed by atoms with Gasteiger partial charge in [-0.25, -0.2) is 9.97 Å². The van der Waals surface area contributed by atoms with Crippen LogP contribution in [-0.2, 0) is 5.41 Å². The van der Waals surface area contributed by atoms with Crippen molar-refractivity contribution in [2.75, 3.05) is 0 Å². The zero-order valence-corrected chi connectivity index (χ0v) is 31.5. The zero-order chi connectivity index (χ0) is 37.6. The molecule has 0 spiro atoms. The van der Waals surface area contributed by atoms with Gasteiger partial charge in [0.2, 0.25) is 0 Å². The summed E-state index contributed by atoms with van der Waals surface area (Å²) in [4.78, 5) is 10.6. The molecule has 4 aromatic heterocycles. The van der Waals surface area contributed by atoms with E-state index in [2.05, 4.69) is 193 Å². The minimum Gasteiger partial charge on any atom is -0.292 e. The number of hydrogen-bond donors (Lipinski definition) is 0. The number of pyridine rings is 2. The highest BCUT2D eigenvalue weighted by atomic mass is 15.0. The fourth-order valence-corrected chi connectivity index (χ4v) is 10.5. The van der Waals surface area contributed by atoms with E-state index in [1.165, 1.54) is 66.1 Å². The quantitative estimate of drug-likeness (QED) is 0.166. The number of aromatic nitrogens is 4. The van der Waals surface area contributed by atoms with Crippen LogP contribution in [0, 0.1) is 0 Å². The first-order valence-corrected chi connectivity index (χ1v) is 19.8. The van der Waals surface area contributed by atoms with E-state index < -0.39 is 0 Å². The minimum absolute atomic E-state index is 0.173. The van der Waals surface area contributed by atoms with Crippen molar-refractivity contribution in [2.45, 2.75) is 19.3 Å². The lowest BCUT2D eigenvalue weighted by Crippen LogP contribution is -2.14. The van der Waals surface area contributed by atoms with Crippen LogP contribution in [-0.4, -0.2) is 18.8 Å². The van der Waals surface area contributed by atoms with E-state index in [0.29, 0.717) is 0 Å². The van der Waals surface area contributed by atoms with E-state index in [-0.39, 0.29) is 5.41 Å². The van der Waals surface area contributed by atoms with Crippen molar-refractivity contribution in [1.82, 2.24) is 18.8 Å². The van der Waals surface area contributed by atoms with Crippen molar-refractivity contribution >= 4 is 76.7 Å². The van der Waals surface area contributed by atoms with E-state index >= 15 is 0 Å². The van der Waals surface area contributed by atoms with Crippen molar-refractivity contribution in [2.24, 2.45) is 0 Å². The van der Waals surface area contributed by atoms with Gasteiger partial charge in [-0.3, -0.25) is 8.80 Å². The molecule has 57 heavy (non-hydrogen) atoms. The Morgan fingerprint density at radius 2 is 0.825 bits per heavy atom. The maximum Gasteiger partial charge on any atom is 0.146 e. The minimum atomic E-state index is -0.173. The third-order valence-corrected chi connectivity index (χ3v) is 12.9. The molecular formula is C53H34N4. The first kappa shape index (κ1) is 31.0. The number of imidazole rings is 2. The second-order valence-electron chi connectivity index (χ2n) is 16.1. The second-order valence-corrected chi connectivity index (χ2v) is 16.1. The molecule has 4 nitrogen and oxygen atoms in total. The number of fused-ring (bicyclic) bond motifs is 19. The van der Waals surface area contributed by atoms with Crippen molar-refractivity contribution in [1.29, 1.82) is 0 Å². The number of hydrogen-bond acceptors (Lipinski definition) is 2. The first-order chi connectivity index (χ1) is 28.1. The summed E-state index contributed by atoms with van der Waals surface area (Å²) >= 11 is 0. The van der Waals surface area contributed by atoms with Crippen LogP contribution in [0.4, 0.5) is 0 Å². The lowest BCUT2D eigenvalue weighted by Gasteiger charge is -2.24. The lowest BCUT2D eigenvalue weighted by molar-refractivity contribution is 0.660. The standard InChI is InChI=1S/C53H34N4/c1-53(2)39-22-6-3-15-33(39)50-40(53)30-29-32(31-18-13-20-37-47(31)34-16-4-9-25-43(34)56-45-27-11-7-23-41(45)54-51(37)56)49(50)36-19-14-21-38-48(36)35-17-5-10-26-44(35)57-46-28-12-8-24-42(46)55-52(38)57/h3-30H,1-2H3. The molecule has 0 fully saturated rings. The van der Waals surface area contributed by atoms with Gasteiger partial charge in [0.15, 0.2) is 0 Å². The molecule has 0 saturated heterocycles. The Labute approximate surface area is 327 Å². The van der Waals surface area contributed by atoms with Crippen molar-refractivity contribution < 1.29 is 0 Å².